The van der Waals surface area contributed by atoms with Crippen LogP contribution in [0.3, 0.4) is 0 Å². The molecular weight excluding hydrogens is 602 g/mol. The summed E-state index contributed by atoms with van der Waals surface area (Å²) >= 11 is 1.54. The highest BCUT2D eigenvalue weighted by molar-refractivity contribution is 7.16. The highest BCUT2D eigenvalue weighted by Crippen LogP contribution is 2.47. The van der Waals surface area contributed by atoms with E-state index in [1.807, 2.05) is 0 Å². The smallest absolute Gasteiger partial charge is 0.221 e. The van der Waals surface area contributed by atoms with Gasteiger partial charge in [-0.2, -0.15) is 10.2 Å². The summed E-state index contributed by atoms with van der Waals surface area (Å²) in [6, 6.07) is 3.13. The number of nitrogens with zero attached hydrogens (tertiary/aromatic N) is 6. The van der Waals surface area contributed by atoms with Gasteiger partial charge >= 0.3 is 0 Å². The summed E-state index contributed by atoms with van der Waals surface area (Å²) in [5.74, 6) is 1.90. The number of aromatic nitrogens is 3. The van der Waals surface area contributed by atoms with Gasteiger partial charge in [-0.15, -0.1) is 11.3 Å². The number of fused-ring (bicyclic) bond motifs is 2. The van der Waals surface area contributed by atoms with Crippen molar-refractivity contribution in [2.75, 3.05) is 59.4 Å². The van der Waals surface area contributed by atoms with Crippen molar-refractivity contribution in [1.29, 1.82) is 5.26 Å². The van der Waals surface area contributed by atoms with Crippen molar-refractivity contribution < 1.29 is 18.7 Å². The molecule has 7 rings (SSSR count). The number of hydrogen-bond donors (Lipinski definition) is 1. The SMILES string of the molecule is CCCc1c([C@H]2CCCc3sc(N)c(C#N)c32)noc1-c1nc(OC[C@@H]2CCCN2C)c2c(n1)[C@@H](CCOC)CN(C1COC1)C2. The Morgan fingerprint density at radius 3 is 2.76 bits per heavy atom. The Morgan fingerprint density at radius 2 is 2.04 bits per heavy atom. The van der Waals surface area contributed by atoms with E-state index in [4.69, 9.17) is 39.6 Å². The van der Waals surface area contributed by atoms with Gasteiger partial charge in [-0.25, -0.2) is 4.98 Å². The van der Waals surface area contributed by atoms with Gasteiger partial charge in [0.25, 0.3) is 0 Å². The van der Waals surface area contributed by atoms with Crippen molar-refractivity contribution in [3.05, 3.63) is 38.5 Å². The topological polar surface area (TPSA) is 136 Å². The maximum absolute atomic E-state index is 10.0. The van der Waals surface area contributed by atoms with E-state index in [0.29, 0.717) is 53.3 Å². The molecule has 46 heavy (non-hydrogen) atoms. The van der Waals surface area contributed by atoms with E-state index in [9.17, 15) is 5.26 Å². The van der Waals surface area contributed by atoms with Crippen LogP contribution in [0.25, 0.3) is 11.6 Å². The van der Waals surface area contributed by atoms with Gasteiger partial charge in [0.2, 0.25) is 17.5 Å². The van der Waals surface area contributed by atoms with Crippen LogP contribution >= 0.6 is 11.3 Å². The van der Waals surface area contributed by atoms with E-state index < -0.39 is 0 Å². The fraction of sp³-hybridized carbons (Fsp3) is 0.647. The predicted molar refractivity (Wildman–Crippen MR) is 175 cm³/mol. The van der Waals surface area contributed by atoms with Crippen LogP contribution in [0.4, 0.5) is 5.00 Å². The van der Waals surface area contributed by atoms with Gasteiger partial charge in [-0.3, -0.25) is 4.90 Å². The summed E-state index contributed by atoms with van der Waals surface area (Å²) in [4.78, 5) is 16.5. The zero-order valence-corrected chi connectivity index (χ0v) is 28.0. The molecule has 0 radical (unpaired) electrons. The average molecular weight is 648 g/mol. The number of hydrogen-bond acceptors (Lipinski definition) is 12. The van der Waals surface area contributed by atoms with E-state index in [1.165, 1.54) is 11.3 Å². The number of aryl methyl sites for hydroxylation is 1. The number of nitriles is 1. The Balaban J connectivity index is 1.32. The molecule has 0 unspecified atom stereocenters. The maximum atomic E-state index is 10.0. The molecule has 1 aliphatic carbocycles. The average Bonchev–Trinajstić information content (AvgIpc) is 3.73. The standard InChI is InChI=1S/C34H45N7O4S/c1-4-7-24-30(23-9-5-10-27-28(23)25(14-35)32(36)46-27)39-45-31(24)33-37-29-20(11-13-42-3)15-41(22-17-43-18-22)16-26(29)34(38-33)44-19-21-8-6-12-40(21)2/h20-23H,4-13,15-19,36H2,1-3H3/t20-,21-,23-/m0/s1. The minimum atomic E-state index is -0.0371. The number of likely N-dealkylation sites (tertiary alicyclic amines) is 1. The fourth-order valence-electron chi connectivity index (χ4n) is 7.72. The van der Waals surface area contributed by atoms with E-state index in [0.717, 1.165) is 106 Å². The molecular formula is C34H45N7O4S. The molecule has 0 aromatic carbocycles. The van der Waals surface area contributed by atoms with Gasteiger partial charge in [0.05, 0.1) is 41.8 Å². The fourth-order valence-corrected chi connectivity index (χ4v) is 8.84. The van der Waals surface area contributed by atoms with Crippen molar-refractivity contribution in [2.45, 2.75) is 88.8 Å². The summed E-state index contributed by atoms with van der Waals surface area (Å²) in [5.41, 5.74) is 11.9. The predicted octanol–water partition coefficient (Wildman–Crippen LogP) is 4.88. The third-order valence-electron chi connectivity index (χ3n) is 10.4. The van der Waals surface area contributed by atoms with Gasteiger partial charge in [-0.1, -0.05) is 18.5 Å². The summed E-state index contributed by atoms with van der Waals surface area (Å²) in [6.45, 7) is 7.59. The van der Waals surface area contributed by atoms with E-state index >= 15 is 0 Å². The number of methoxy groups -OCH3 is 1. The summed E-state index contributed by atoms with van der Waals surface area (Å²) in [5, 5.41) is 15.3. The van der Waals surface area contributed by atoms with Crippen molar-refractivity contribution in [3.63, 3.8) is 0 Å². The third-order valence-corrected chi connectivity index (χ3v) is 11.4. The van der Waals surface area contributed by atoms with Crippen LogP contribution in [0.5, 0.6) is 5.88 Å². The van der Waals surface area contributed by atoms with E-state index in [-0.39, 0.29) is 11.8 Å². The molecule has 2 saturated heterocycles. The number of anilines is 1. The number of rotatable bonds is 11. The molecule has 3 aliphatic heterocycles. The number of nitrogens with two attached hydrogens (primary N) is 1. The largest absolute Gasteiger partial charge is 0.476 e. The zero-order chi connectivity index (χ0) is 31.8. The van der Waals surface area contributed by atoms with Crippen LogP contribution in [-0.4, -0.2) is 90.7 Å². The second-order valence-electron chi connectivity index (χ2n) is 13.3. The number of ether oxygens (including phenoxy) is 3. The van der Waals surface area contributed by atoms with Crippen molar-refractivity contribution >= 4 is 16.3 Å². The second kappa shape index (κ2) is 13.6. The number of thiophene rings is 1. The van der Waals surface area contributed by atoms with Crippen LogP contribution in [-0.2, 0) is 28.9 Å². The third kappa shape index (κ3) is 5.81. The number of nitrogen functional groups attached to an aromatic ring is 1. The Labute approximate surface area is 275 Å². The molecule has 246 valence electrons. The first-order chi connectivity index (χ1) is 22.5. The van der Waals surface area contributed by atoms with Crippen LogP contribution in [0.1, 0.15) is 95.8 Å². The number of likely N-dealkylation sites (N-methyl/N-ethyl adjacent to an activating group) is 1. The Morgan fingerprint density at radius 1 is 1.17 bits per heavy atom. The maximum Gasteiger partial charge on any atom is 0.221 e. The molecule has 0 bridgehead atoms. The summed E-state index contributed by atoms with van der Waals surface area (Å²) in [6.07, 6.45) is 7.68. The molecule has 0 amide bonds. The van der Waals surface area contributed by atoms with Crippen molar-refractivity contribution in [2.24, 2.45) is 0 Å². The first kappa shape index (κ1) is 31.5. The lowest BCUT2D eigenvalue weighted by molar-refractivity contribution is -0.0733. The molecule has 3 aromatic heterocycles. The Hall–Kier alpha value is -3.08. The second-order valence-corrected chi connectivity index (χ2v) is 14.4. The molecule has 3 aromatic rings. The molecule has 0 spiro atoms. The zero-order valence-electron chi connectivity index (χ0n) is 27.2. The lowest BCUT2D eigenvalue weighted by atomic mass is 9.81. The van der Waals surface area contributed by atoms with Crippen molar-refractivity contribution in [3.8, 4) is 23.5 Å². The van der Waals surface area contributed by atoms with E-state index in [2.05, 4.69) is 29.8 Å². The monoisotopic (exact) mass is 647 g/mol. The highest BCUT2D eigenvalue weighted by atomic mass is 32.1. The molecule has 2 fully saturated rings. The summed E-state index contributed by atoms with van der Waals surface area (Å²) in [7, 11) is 3.92. The van der Waals surface area contributed by atoms with Gasteiger partial charge in [0.15, 0.2) is 0 Å². The van der Waals surface area contributed by atoms with Gasteiger partial charge in [-0.05, 0) is 64.1 Å². The first-order valence-corrected chi connectivity index (χ1v) is 17.7. The minimum absolute atomic E-state index is 0.0371. The van der Waals surface area contributed by atoms with Gasteiger partial charge in [0, 0.05) is 55.1 Å². The Kier molecular flexibility index (Phi) is 9.30. The molecule has 6 heterocycles. The summed E-state index contributed by atoms with van der Waals surface area (Å²) < 4.78 is 24.0. The molecule has 12 heteroatoms. The first-order valence-electron chi connectivity index (χ1n) is 16.8. The van der Waals surface area contributed by atoms with Crippen LogP contribution in [0.15, 0.2) is 4.52 Å². The van der Waals surface area contributed by atoms with Crippen LogP contribution in [0.2, 0.25) is 0 Å². The minimum Gasteiger partial charge on any atom is -0.476 e. The Bertz CT molecular complexity index is 1590. The van der Waals surface area contributed by atoms with Gasteiger partial charge < -0.3 is 29.4 Å². The quantitative estimate of drug-likeness (QED) is 0.305. The van der Waals surface area contributed by atoms with Crippen LogP contribution in [0, 0.1) is 11.3 Å². The molecule has 3 atom stereocenters. The molecule has 11 nitrogen and oxygen atoms in total. The lowest BCUT2D eigenvalue weighted by Gasteiger charge is -2.42. The molecule has 0 saturated carbocycles. The van der Waals surface area contributed by atoms with Crippen molar-refractivity contribution in [1.82, 2.24) is 24.9 Å². The highest BCUT2D eigenvalue weighted by Gasteiger charge is 2.38. The molecule has 2 N–H and O–H groups in total. The normalized spacial score (nSPS) is 23.6. The lowest BCUT2D eigenvalue weighted by Crippen LogP contribution is -2.51. The van der Waals surface area contributed by atoms with Gasteiger partial charge in [0.1, 0.15) is 17.7 Å². The molecule has 4 aliphatic rings. The van der Waals surface area contributed by atoms with E-state index in [1.54, 1.807) is 18.4 Å². The van der Waals surface area contributed by atoms with Crippen LogP contribution < -0.4 is 10.5 Å².